The van der Waals surface area contributed by atoms with Crippen LogP contribution in [0.1, 0.15) is 87.1 Å². The van der Waals surface area contributed by atoms with Gasteiger partial charge in [-0.2, -0.15) is 0 Å². The van der Waals surface area contributed by atoms with E-state index in [0.29, 0.717) is 12.8 Å². The summed E-state index contributed by atoms with van der Waals surface area (Å²) in [7, 11) is 0. The zero-order valence-corrected chi connectivity index (χ0v) is 31.2. The molecule has 3 rings (SSSR count). The predicted molar refractivity (Wildman–Crippen MR) is 203 cm³/mol. The summed E-state index contributed by atoms with van der Waals surface area (Å²) in [4.78, 5) is 34.7. The quantitative estimate of drug-likeness (QED) is 0.201. The molecule has 4 bridgehead atoms. The third-order valence-electron chi connectivity index (χ3n) is 8.74. The molecule has 5 atom stereocenters. The molecule has 1 aliphatic rings. The van der Waals surface area contributed by atoms with Gasteiger partial charge in [-0.1, -0.05) is 131 Å². The number of aliphatic hydroxyl groups excluding tert-OH is 3. The van der Waals surface area contributed by atoms with Gasteiger partial charge >= 0.3 is 11.9 Å². The van der Waals surface area contributed by atoms with Gasteiger partial charge in [0, 0.05) is 29.7 Å². The van der Waals surface area contributed by atoms with Crippen molar-refractivity contribution in [3.8, 4) is 0 Å². The molecule has 2 aromatic heterocycles. The molecule has 0 saturated heterocycles. The van der Waals surface area contributed by atoms with Gasteiger partial charge < -0.3 is 33.6 Å². The fraction of sp³-hybridized carbons (Fsp3) is 0.381. The number of carbonyl (C=O) groups is 2. The maximum atomic E-state index is 13.2. The first-order chi connectivity index (χ1) is 25.3. The van der Waals surface area contributed by atoms with Crippen molar-refractivity contribution in [3.05, 3.63) is 139 Å². The van der Waals surface area contributed by atoms with Crippen LogP contribution in [0.15, 0.2) is 125 Å². The number of oxazole rings is 2. The molecule has 5 unspecified atom stereocenters. The number of ether oxygens (including phenoxy) is 2. The number of hydrogen-bond acceptors (Lipinski definition) is 11. The second-order valence-corrected chi connectivity index (χ2v) is 13.6. The van der Waals surface area contributed by atoms with Crippen molar-refractivity contribution in [2.75, 3.05) is 0 Å². The third-order valence-corrected chi connectivity index (χ3v) is 8.74. The Hall–Kier alpha value is -5.10. The van der Waals surface area contributed by atoms with E-state index in [2.05, 4.69) is 9.97 Å². The van der Waals surface area contributed by atoms with Gasteiger partial charge in [-0.15, -0.1) is 0 Å². The first kappa shape index (κ1) is 42.3. The van der Waals surface area contributed by atoms with Crippen LogP contribution in [0.4, 0.5) is 0 Å². The highest BCUT2D eigenvalue weighted by molar-refractivity contribution is 5.87. The Labute approximate surface area is 311 Å². The van der Waals surface area contributed by atoms with Crippen LogP contribution >= 0.6 is 0 Å². The summed E-state index contributed by atoms with van der Waals surface area (Å²) in [6.07, 6.45) is 30.0. The van der Waals surface area contributed by atoms with Crippen LogP contribution in [-0.4, -0.2) is 67.7 Å². The molecule has 0 fully saturated rings. The van der Waals surface area contributed by atoms with E-state index in [1.165, 1.54) is 12.5 Å². The molecule has 2 aromatic rings. The van der Waals surface area contributed by atoms with Crippen molar-refractivity contribution in [2.45, 2.75) is 91.3 Å². The maximum Gasteiger partial charge on any atom is 0.360 e. The van der Waals surface area contributed by atoms with Crippen molar-refractivity contribution in [3.63, 3.8) is 0 Å². The lowest BCUT2D eigenvalue weighted by Crippen LogP contribution is -2.42. The fourth-order valence-corrected chi connectivity index (χ4v) is 5.11. The summed E-state index contributed by atoms with van der Waals surface area (Å²) in [6, 6.07) is 0. The number of aromatic nitrogens is 2. The highest BCUT2D eigenvalue weighted by Crippen LogP contribution is 2.33. The van der Waals surface area contributed by atoms with Gasteiger partial charge in [-0.3, -0.25) is 0 Å². The van der Waals surface area contributed by atoms with Crippen molar-refractivity contribution >= 4 is 18.0 Å². The highest BCUT2D eigenvalue weighted by Gasteiger charge is 2.39. The fourth-order valence-electron chi connectivity index (χ4n) is 5.11. The number of rotatable bonds is 6. The van der Waals surface area contributed by atoms with E-state index in [0.717, 1.165) is 0 Å². The van der Waals surface area contributed by atoms with E-state index >= 15 is 0 Å². The molecule has 0 aromatic carbocycles. The average molecular weight is 729 g/mol. The number of carbonyl (C=O) groups excluding carboxylic acids is 2. The Kier molecular flexibility index (Phi) is 16.6. The Morgan fingerprint density at radius 1 is 0.698 bits per heavy atom. The summed E-state index contributed by atoms with van der Waals surface area (Å²) in [6.45, 7) is 10.9. The van der Waals surface area contributed by atoms with Gasteiger partial charge in [0.1, 0.15) is 24.7 Å². The van der Waals surface area contributed by atoms with Crippen LogP contribution in [0, 0.1) is 10.8 Å². The van der Waals surface area contributed by atoms with Gasteiger partial charge in [0.2, 0.25) is 5.89 Å². The average Bonchev–Trinajstić information content (AvgIpc) is 3.79. The van der Waals surface area contributed by atoms with Gasteiger partial charge in [0.25, 0.3) is 0 Å². The summed E-state index contributed by atoms with van der Waals surface area (Å²) in [5.41, 5.74) is -1.74. The summed E-state index contributed by atoms with van der Waals surface area (Å²) < 4.78 is 22.6. The monoisotopic (exact) mass is 728 g/mol. The van der Waals surface area contributed by atoms with Crippen LogP contribution in [0.3, 0.4) is 0 Å². The number of cyclic esters (lactones) is 2. The maximum absolute atomic E-state index is 13.2. The largest absolute Gasteiger partial charge is 0.457 e. The molecule has 3 heterocycles. The van der Waals surface area contributed by atoms with Crippen molar-refractivity contribution in [1.82, 2.24) is 9.97 Å². The van der Waals surface area contributed by atoms with Crippen molar-refractivity contribution in [2.24, 2.45) is 10.8 Å². The molecule has 11 heteroatoms. The number of aliphatic hydroxyl groups is 3. The molecular weight excluding hydrogens is 676 g/mol. The Morgan fingerprint density at radius 3 is 1.72 bits per heavy atom. The molecular formula is C42H52N2O9. The first-order valence-corrected chi connectivity index (χ1v) is 17.6. The molecule has 0 saturated carbocycles. The minimum atomic E-state index is -0.951. The van der Waals surface area contributed by atoms with Crippen molar-refractivity contribution in [1.29, 1.82) is 0 Å². The number of fused-ring (bicyclic) bond motifs is 4. The zero-order valence-electron chi connectivity index (χ0n) is 31.2. The Balaban J connectivity index is 1.88. The highest BCUT2D eigenvalue weighted by atomic mass is 16.6. The molecule has 53 heavy (non-hydrogen) atoms. The standard InChI is InChI=1S/C42H52N2O9/c1-7-21-33(46)41(3,4)35-25-19-15-12-13-17-23-30(45)27-38-44-32(29-51-38)40(49)53-36(42(5,6)34(47)22-8-2)24-18-14-10-9-11-16-20-26-37-43-31(28-50-37)39(48)52-35/h7-23,26,28-30,33-36,45-47H,24-25,27H2,1-6H3/b10-9-,13-12-,16-11-,18-14-,19-15-,21-7+,22-8+,23-17-,26-20?. The number of allylic oxidation sites excluding steroid dienone is 12. The minimum absolute atomic E-state index is 0.00131. The number of nitrogens with zero attached hydrogens (tertiary/aromatic N) is 2. The lowest BCUT2D eigenvalue weighted by atomic mass is 9.79. The number of esters is 2. The molecule has 1 aliphatic heterocycles. The van der Waals surface area contributed by atoms with E-state index in [-0.39, 0.29) is 29.6 Å². The van der Waals surface area contributed by atoms with Crippen LogP contribution in [-0.2, 0) is 15.9 Å². The van der Waals surface area contributed by atoms with Gasteiger partial charge in [0.05, 0.1) is 24.7 Å². The third kappa shape index (κ3) is 13.1. The van der Waals surface area contributed by atoms with E-state index < -0.39 is 53.3 Å². The SMILES string of the molecule is C/C=C/C(O)C(C)(C)C1C\C=C/C=C\C=C/C(O)Cc2nc(co2)C(=O)OC(C(C)(C)C(O)/C=C/C)C\C=C/C=C\C=C/C=Cc2nc(co2)C(=O)O1. The number of hydrogen-bond donors (Lipinski definition) is 3. The van der Waals surface area contributed by atoms with E-state index in [1.54, 1.807) is 111 Å². The van der Waals surface area contributed by atoms with E-state index in [4.69, 9.17) is 18.3 Å². The lowest BCUT2D eigenvalue weighted by molar-refractivity contribution is -0.0461. The van der Waals surface area contributed by atoms with Gasteiger partial charge in [-0.25, -0.2) is 19.6 Å². The van der Waals surface area contributed by atoms with Crippen LogP contribution in [0.2, 0.25) is 0 Å². The summed E-state index contributed by atoms with van der Waals surface area (Å²) in [5.74, 6) is -1.03. The predicted octanol–water partition coefficient (Wildman–Crippen LogP) is 7.39. The van der Waals surface area contributed by atoms with Crippen LogP contribution in [0.5, 0.6) is 0 Å². The first-order valence-electron chi connectivity index (χ1n) is 17.6. The molecule has 284 valence electrons. The summed E-state index contributed by atoms with van der Waals surface area (Å²) in [5, 5.41) is 32.2. The molecule has 3 N–H and O–H groups in total. The van der Waals surface area contributed by atoms with E-state index in [9.17, 15) is 24.9 Å². The second-order valence-electron chi connectivity index (χ2n) is 13.6. The van der Waals surface area contributed by atoms with Crippen LogP contribution in [0.25, 0.3) is 6.08 Å². The van der Waals surface area contributed by atoms with Gasteiger partial charge in [0.15, 0.2) is 17.3 Å². The molecule has 0 spiro atoms. The smallest absolute Gasteiger partial charge is 0.360 e. The van der Waals surface area contributed by atoms with Gasteiger partial charge in [-0.05, 0) is 13.8 Å². The topological polar surface area (TPSA) is 165 Å². The van der Waals surface area contributed by atoms with E-state index in [1.807, 2.05) is 39.8 Å². The second kappa shape index (κ2) is 20.8. The van der Waals surface area contributed by atoms with Crippen LogP contribution < -0.4 is 0 Å². The normalized spacial score (nSPS) is 25.2. The molecule has 0 aliphatic carbocycles. The molecule has 11 nitrogen and oxygen atoms in total. The summed E-state index contributed by atoms with van der Waals surface area (Å²) >= 11 is 0. The Morgan fingerprint density at radius 2 is 1.17 bits per heavy atom. The molecule has 0 radical (unpaired) electrons. The molecule has 0 amide bonds. The zero-order chi connectivity index (χ0) is 38.9. The Bertz CT molecular complexity index is 1750. The minimum Gasteiger partial charge on any atom is -0.457 e. The van der Waals surface area contributed by atoms with Crippen molar-refractivity contribution < 1.29 is 43.2 Å². The lowest BCUT2D eigenvalue weighted by Gasteiger charge is -2.36.